The van der Waals surface area contributed by atoms with Gasteiger partial charge in [-0.15, -0.1) is 0 Å². The molecule has 0 saturated carbocycles. The summed E-state index contributed by atoms with van der Waals surface area (Å²) in [6.45, 7) is 3.56. The van der Waals surface area contributed by atoms with Crippen LogP contribution in [0, 0.1) is 11.3 Å². The molecule has 0 N–H and O–H groups in total. The van der Waals surface area contributed by atoms with Gasteiger partial charge in [0.2, 0.25) is 0 Å². The molecule has 1 aliphatic heterocycles. The van der Waals surface area contributed by atoms with E-state index in [9.17, 15) is 9.59 Å². The van der Waals surface area contributed by atoms with E-state index < -0.39 is 12.0 Å². The molecule has 7 nitrogen and oxygen atoms in total. The maximum Gasteiger partial charge on any atom is 0.338 e. The molecular weight excluding hydrogens is 474 g/mol. The van der Waals surface area contributed by atoms with Crippen molar-refractivity contribution in [2.24, 2.45) is 4.99 Å². The van der Waals surface area contributed by atoms with Gasteiger partial charge in [-0.3, -0.25) is 9.36 Å². The molecule has 0 bridgehead atoms. The summed E-state index contributed by atoms with van der Waals surface area (Å²) in [5.74, 6) is -0.0271. The Hall–Kier alpha value is -3.67. The Morgan fingerprint density at radius 2 is 2.00 bits per heavy atom. The van der Waals surface area contributed by atoms with Gasteiger partial charge >= 0.3 is 5.97 Å². The molecule has 1 atom stereocenters. The number of esters is 1. The second kappa shape index (κ2) is 10.1. The van der Waals surface area contributed by atoms with E-state index in [0.717, 1.165) is 0 Å². The molecule has 4 rings (SSSR count). The topological polar surface area (TPSA) is 93.7 Å². The fourth-order valence-corrected chi connectivity index (χ4v) is 4.90. The third kappa shape index (κ3) is 4.53. The number of rotatable bonds is 6. The molecule has 0 amide bonds. The van der Waals surface area contributed by atoms with Gasteiger partial charge in [0.05, 0.1) is 28.5 Å². The summed E-state index contributed by atoms with van der Waals surface area (Å²) in [4.78, 5) is 31.5. The van der Waals surface area contributed by atoms with Crippen LogP contribution in [0.2, 0.25) is 5.02 Å². The lowest BCUT2D eigenvalue weighted by Gasteiger charge is -2.24. The van der Waals surface area contributed by atoms with E-state index in [2.05, 4.69) is 4.99 Å². The monoisotopic (exact) mass is 493 g/mol. The van der Waals surface area contributed by atoms with Gasteiger partial charge in [-0.2, -0.15) is 5.26 Å². The molecule has 9 heteroatoms. The number of nitrogens with zero attached hydrogens (tertiary/aromatic N) is 3. The molecule has 3 aromatic rings. The average molecular weight is 494 g/mol. The number of para-hydroxylation sites is 1. The highest BCUT2D eigenvalue weighted by molar-refractivity contribution is 7.07. The molecule has 1 aromatic heterocycles. The zero-order valence-corrected chi connectivity index (χ0v) is 20.0. The first-order valence-electron chi connectivity index (χ1n) is 10.5. The average Bonchev–Trinajstić information content (AvgIpc) is 3.12. The van der Waals surface area contributed by atoms with Gasteiger partial charge in [0.15, 0.2) is 11.4 Å². The molecule has 0 radical (unpaired) electrons. The zero-order valence-electron chi connectivity index (χ0n) is 18.4. The smallest absolute Gasteiger partial charge is 0.338 e. The van der Waals surface area contributed by atoms with Crippen molar-refractivity contribution in [2.45, 2.75) is 19.9 Å². The van der Waals surface area contributed by atoms with E-state index in [1.54, 1.807) is 62.4 Å². The van der Waals surface area contributed by atoms with Gasteiger partial charge in [-0.25, -0.2) is 9.79 Å². The van der Waals surface area contributed by atoms with Crippen molar-refractivity contribution < 1.29 is 14.3 Å². The summed E-state index contributed by atoms with van der Waals surface area (Å²) in [5.41, 5.74) is 1.87. The largest absolute Gasteiger partial charge is 0.478 e. The normalized spacial score (nSPS) is 15.4. The van der Waals surface area contributed by atoms with Crippen LogP contribution < -0.4 is 19.6 Å². The third-order valence-electron chi connectivity index (χ3n) is 5.20. The Labute approximate surface area is 204 Å². The van der Waals surface area contributed by atoms with Gasteiger partial charge < -0.3 is 9.47 Å². The lowest BCUT2D eigenvalue weighted by molar-refractivity contribution is -0.139. The number of fused-ring (bicyclic) bond motifs is 1. The maximum absolute atomic E-state index is 13.6. The molecule has 2 aromatic carbocycles. The molecular formula is C25H20ClN3O4S. The van der Waals surface area contributed by atoms with E-state index in [1.165, 1.54) is 15.9 Å². The van der Waals surface area contributed by atoms with Crippen molar-refractivity contribution in [3.63, 3.8) is 0 Å². The number of hydrogen-bond acceptors (Lipinski definition) is 7. The maximum atomic E-state index is 13.6. The molecule has 172 valence electrons. The Kier molecular flexibility index (Phi) is 6.96. The van der Waals surface area contributed by atoms with Crippen LogP contribution in [0.25, 0.3) is 6.08 Å². The lowest BCUT2D eigenvalue weighted by Crippen LogP contribution is -2.39. The van der Waals surface area contributed by atoms with E-state index in [1.807, 2.05) is 12.1 Å². The minimum Gasteiger partial charge on any atom is -0.478 e. The number of halogens is 1. The van der Waals surface area contributed by atoms with Crippen LogP contribution in [0.15, 0.2) is 69.6 Å². The first-order chi connectivity index (χ1) is 16.4. The summed E-state index contributed by atoms with van der Waals surface area (Å²) in [5, 5.41) is 9.40. The van der Waals surface area contributed by atoms with Crippen LogP contribution in [0.4, 0.5) is 0 Å². The fraction of sp³-hybridized carbons (Fsp3) is 0.200. The highest BCUT2D eigenvalue weighted by atomic mass is 35.5. The number of nitriles is 1. The van der Waals surface area contributed by atoms with Crippen molar-refractivity contribution in [3.05, 3.63) is 95.6 Å². The number of hydrogen-bond donors (Lipinski definition) is 0. The molecule has 0 aliphatic carbocycles. The van der Waals surface area contributed by atoms with Gasteiger partial charge in [-0.1, -0.05) is 53.3 Å². The summed E-state index contributed by atoms with van der Waals surface area (Å²) >= 11 is 7.30. The van der Waals surface area contributed by atoms with Crippen molar-refractivity contribution >= 4 is 35.0 Å². The Balaban J connectivity index is 1.93. The number of aromatic nitrogens is 1. The molecule has 0 spiro atoms. The molecule has 0 unspecified atom stereocenters. The van der Waals surface area contributed by atoms with Crippen LogP contribution in [-0.4, -0.2) is 23.8 Å². The number of ether oxygens (including phenoxy) is 2. The Bertz CT molecular complexity index is 1500. The number of carbonyl (C=O) groups excluding carboxylic acids is 1. The van der Waals surface area contributed by atoms with Crippen molar-refractivity contribution in [2.75, 3.05) is 13.2 Å². The van der Waals surface area contributed by atoms with E-state index in [-0.39, 0.29) is 18.8 Å². The minimum atomic E-state index is -0.709. The molecule has 0 saturated heterocycles. The van der Waals surface area contributed by atoms with E-state index >= 15 is 0 Å². The van der Waals surface area contributed by atoms with Crippen LogP contribution in [0.5, 0.6) is 5.75 Å². The van der Waals surface area contributed by atoms with Crippen molar-refractivity contribution in [1.29, 1.82) is 5.26 Å². The Morgan fingerprint density at radius 3 is 2.71 bits per heavy atom. The predicted molar refractivity (Wildman–Crippen MR) is 129 cm³/mol. The lowest BCUT2D eigenvalue weighted by atomic mass is 9.96. The SMILES string of the molecule is CCOC(=O)C1=C(C)N=c2s/c(=C\c3ccccc3OCC#N)c(=O)n2[C@@H]1c1ccc(Cl)cc1. The van der Waals surface area contributed by atoms with Crippen LogP contribution in [0.1, 0.15) is 31.0 Å². The highest BCUT2D eigenvalue weighted by Gasteiger charge is 2.33. The van der Waals surface area contributed by atoms with E-state index in [0.29, 0.717) is 42.5 Å². The molecule has 2 heterocycles. The summed E-state index contributed by atoms with van der Waals surface area (Å²) in [7, 11) is 0. The second-order valence-corrected chi connectivity index (χ2v) is 8.78. The Morgan fingerprint density at radius 1 is 1.26 bits per heavy atom. The van der Waals surface area contributed by atoms with E-state index in [4.69, 9.17) is 26.3 Å². The quantitative estimate of drug-likeness (QED) is 0.491. The van der Waals surface area contributed by atoms with Gasteiger partial charge in [0.1, 0.15) is 11.8 Å². The third-order valence-corrected chi connectivity index (χ3v) is 6.44. The van der Waals surface area contributed by atoms with Crippen LogP contribution in [0.3, 0.4) is 0 Å². The minimum absolute atomic E-state index is 0.106. The van der Waals surface area contributed by atoms with Crippen LogP contribution >= 0.6 is 22.9 Å². The number of benzene rings is 2. The van der Waals surface area contributed by atoms with Gasteiger partial charge in [0, 0.05) is 10.6 Å². The summed E-state index contributed by atoms with van der Waals surface area (Å²) in [6, 6.07) is 15.4. The highest BCUT2D eigenvalue weighted by Crippen LogP contribution is 2.31. The second-order valence-electron chi connectivity index (χ2n) is 7.34. The molecule has 0 fully saturated rings. The van der Waals surface area contributed by atoms with Gasteiger partial charge in [0.25, 0.3) is 5.56 Å². The fourth-order valence-electron chi connectivity index (χ4n) is 3.73. The number of carbonyl (C=O) groups is 1. The van der Waals surface area contributed by atoms with Crippen LogP contribution in [-0.2, 0) is 9.53 Å². The van der Waals surface area contributed by atoms with Gasteiger partial charge in [-0.05, 0) is 43.7 Å². The predicted octanol–water partition coefficient (Wildman–Crippen LogP) is 3.35. The first kappa shape index (κ1) is 23.5. The number of thiazole rings is 1. The van der Waals surface area contributed by atoms with Crippen molar-refractivity contribution in [1.82, 2.24) is 4.57 Å². The summed E-state index contributed by atoms with van der Waals surface area (Å²) in [6.07, 6.45) is 1.71. The number of allylic oxidation sites excluding steroid dienone is 1. The zero-order chi connectivity index (χ0) is 24.2. The standard InChI is InChI=1S/C25H20ClN3O4S/c1-3-32-24(31)21-15(2)28-25-29(22(21)16-8-10-18(26)11-9-16)23(30)20(34-25)14-17-6-4-5-7-19(17)33-13-12-27/h4-11,14,22H,3,13H2,1-2H3/b20-14-/t22-/m1/s1. The first-order valence-corrected chi connectivity index (χ1v) is 11.7. The molecule has 1 aliphatic rings. The molecule has 34 heavy (non-hydrogen) atoms. The summed E-state index contributed by atoms with van der Waals surface area (Å²) < 4.78 is 12.7. The van der Waals surface area contributed by atoms with Crippen molar-refractivity contribution in [3.8, 4) is 11.8 Å².